The monoisotopic (exact) mass is 265 g/mol. The van der Waals surface area contributed by atoms with Gasteiger partial charge in [0.25, 0.3) is 0 Å². The molecule has 19 heavy (non-hydrogen) atoms. The maximum absolute atomic E-state index is 10.7. The van der Waals surface area contributed by atoms with Crippen molar-refractivity contribution in [3.05, 3.63) is 17.0 Å². The van der Waals surface area contributed by atoms with Gasteiger partial charge in [-0.15, -0.1) is 0 Å². The number of rotatable bonds is 4. The molecule has 0 bridgehead atoms. The molecule has 0 radical (unpaired) electrons. The van der Waals surface area contributed by atoms with E-state index >= 15 is 0 Å². The molecule has 0 spiro atoms. The maximum atomic E-state index is 10.7. The third-order valence-corrected chi connectivity index (χ3v) is 4.10. The van der Waals surface area contributed by atoms with Crippen LogP contribution in [0.25, 0.3) is 0 Å². The summed E-state index contributed by atoms with van der Waals surface area (Å²) in [6, 6.07) is 0.466. The molecule has 1 fully saturated rings. The molecule has 1 N–H and O–H groups in total. The number of aliphatic carboxylic acids is 1. The van der Waals surface area contributed by atoms with Crippen LogP contribution >= 0.6 is 0 Å². The number of hydrogen-bond acceptors (Lipinski definition) is 3. The molecule has 0 aliphatic carbocycles. The van der Waals surface area contributed by atoms with Crippen molar-refractivity contribution in [3.63, 3.8) is 0 Å². The van der Waals surface area contributed by atoms with Crippen molar-refractivity contribution in [1.82, 2.24) is 14.7 Å². The zero-order valence-electron chi connectivity index (χ0n) is 12.0. The summed E-state index contributed by atoms with van der Waals surface area (Å²) in [7, 11) is 2.15. The fourth-order valence-corrected chi connectivity index (χ4v) is 2.89. The number of carbonyl (C=O) groups is 1. The molecule has 1 aliphatic heterocycles. The lowest BCUT2D eigenvalue weighted by molar-refractivity contribution is -0.136. The van der Waals surface area contributed by atoms with Gasteiger partial charge >= 0.3 is 5.97 Å². The van der Waals surface area contributed by atoms with Gasteiger partial charge < -0.3 is 10.0 Å². The first-order valence-corrected chi connectivity index (χ1v) is 6.94. The van der Waals surface area contributed by atoms with E-state index in [1.54, 1.807) is 0 Å². The Morgan fingerprint density at radius 1 is 1.37 bits per heavy atom. The molecule has 0 amide bonds. The average molecular weight is 265 g/mol. The van der Waals surface area contributed by atoms with Crippen LogP contribution in [-0.2, 0) is 11.2 Å². The summed E-state index contributed by atoms with van der Waals surface area (Å²) in [5.41, 5.74) is 3.24. The molecule has 106 valence electrons. The van der Waals surface area contributed by atoms with Crippen LogP contribution in [0.1, 0.15) is 42.3 Å². The highest BCUT2D eigenvalue weighted by Crippen LogP contribution is 2.26. The lowest BCUT2D eigenvalue weighted by atomic mass is 10.0. The van der Waals surface area contributed by atoms with Gasteiger partial charge in [0.05, 0.1) is 11.7 Å². The van der Waals surface area contributed by atoms with E-state index < -0.39 is 5.97 Å². The molecule has 2 rings (SSSR count). The van der Waals surface area contributed by atoms with Gasteiger partial charge in [0.1, 0.15) is 0 Å². The van der Waals surface area contributed by atoms with Gasteiger partial charge in [0.15, 0.2) is 0 Å². The zero-order chi connectivity index (χ0) is 14.0. The van der Waals surface area contributed by atoms with Crippen molar-refractivity contribution >= 4 is 5.97 Å². The SMILES string of the molecule is Cc1nn(C2CCN(C)CC2)c(C)c1CCC(=O)O. The highest BCUT2D eigenvalue weighted by atomic mass is 16.4. The van der Waals surface area contributed by atoms with Crippen LogP contribution in [0.4, 0.5) is 0 Å². The van der Waals surface area contributed by atoms with Crippen LogP contribution in [0.5, 0.6) is 0 Å². The Labute approximate surface area is 114 Å². The average Bonchev–Trinajstić information content (AvgIpc) is 2.63. The molecule has 1 aromatic rings. The number of nitrogens with zero attached hydrogens (tertiary/aromatic N) is 3. The number of hydrogen-bond donors (Lipinski definition) is 1. The van der Waals surface area contributed by atoms with Crippen LogP contribution < -0.4 is 0 Å². The number of likely N-dealkylation sites (tertiary alicyclic amines) is 1. The van der Waals surface area contributed by atoms with Crippen molar-refractivity contribution < 1.29 is 9.90 Å². The molecule has 0 saturated carbocycles. The van der Waals surface area contributed by atoms with E-state index in [9.17, 15) is 4.79 Å². The number of aryl methyl sites for hydroxylation is 1. The van der Waals surface area contributed by atoms with E-state index in [0.29, 0.717) is 12.5 Å². The fraction of sp³-hybridized carbons (Fsp3) is 0.714. The highest BCUT2D eigenvalue weighted by Gasteiger charge is 2.22. The van der Waals surface area contributed by atoms with E-state index in [2.05, 4.69) is 28.7 Å². The van der Waals surface area contributed by atoms with Gasteiger partial charge in [-0.2, -0.15) is 5.10 Å². The quantitative estimate of drug-likeness (QED) is 0.901. The molecule has 5 nitrogen and oxygen atoms in total. The fourth-order valence-electron chi connectivity index (χ4n) is 2.89. The van der Waals surface area contributed by atoms with Crippen LogP contribution in [0, 0.1) is 13.8 Å². The molecule has 5 heteroatoms. The third kappa shape index (κ3) is 3.15. The minimum absolute atomic E-state index is 0.181. The predicted molar refractivity (Wildman–Crippen MR) is 73.4 cm³/mol. The largest absolute Gasteiger partial charge is 0.481 e. The van der Waals surface area contributed by atoms with Crippen LogP contribution in [0.3, 0.4) is 0 Å². The minimum Gasteiger partial charge on any atom is -0.481 e. The minimum atomic E-state index is -0.745. The van der Waals surface area contributed by atoms with Crippen LogP contribution in [-0.4, -0.2) is 45.9 Å². The highest BCUT2D eigenvalue weighted by molar-refractivity contribution is 5.67. The molecular weight excluding hydrogens is 242 g/mol. The second kappa shape index (κ2) is 5.74. The van der Waals surface area contributed by atoms with E-state index in [1.807, 2.05) is 6.92 Å². The van der Waals surface area contributed by atoms with Crippen molar-refractivity contribution in [1.29, 1.82) is 0 Å². The second-order valence-corrected chi connectivity index (χ2v) is 5.52. The first kappa shape index (κ1) is 14.1. The Balaban J connectivity index is 2.14. The van der Waals surface area contributed by atoms with Crippen molar-refractivity contribution in [2.75, 3.05) is 20.1 Å². The van der Waals surface area contributed by atoms with Gasteiger partial charge in [-0.3, -0.25) is 9.48 Å². The Bertz CT molecular complexity index is 460. The number of aromatic nitrogens is 2. The summed E-state index contributed by atoms with van der Waals surface area (Å²) in [6.07, 6.45) is 3.01. The Kier molecular flexibility index (Phi) is 4.24. The Hall–Kier alpha value is -1.36. The zero-order valence-corrected chi connectivity index (χ0v) is 12.0. The smallest absolute Gasteiger partial charge is 0.303 e. The summed E-state index contributed by atoms with van der Waals surface area (Å²) in [4.78, 5) is 13.0. The summed E-state index contributed by atoms with van der Waals surface area (Å²) < 4.78 is 2.12. The first-order valence-electron chi connectivity index (χ1n) is 6.94. The van der Waals surface area contributed by atoms with E-state index in [0.717, 1.165) is 42.9 Å². The predicted octanol–water partition coefficient (Wildman–Crippen LogP) is 1.78. The Morgan fingerprint density at radius 3 is 2.58 bits per heavy atom. The van der Waals surface area contributed by atoms with E-state index in [-0.39, 0.29) is 6.42 Å². The molecule has 0 unspecified atom stereocenters. The maximum Gasteiger partial charge on any atom is 0.303 e. The molecule has 1 saturated heterocycles. The van der Waals surface area contributed by atoms with Crippen LogP contribution in [0.15, 0.2) is 0 Å². The summed E-state index contributed by atoms with van der Waals surface area (Å²) in [6.45, 7) is 6.26. The normalized spacial score (nSPS) is 17.8. The van der Waals surface area contributed by atoms with Crippen LogP contribution in [0.2, 0.25) is 0 Å². The first-order chi connectivity index (χ1) is 8.99. The summed E-state index contributed by atoms with van der Waals surface area (Å²) in [5.74, 6) is -0.745. The van der Waals surface area contributed by atoms with Gasteiger partial charge in [-0.25, -0.2) is 0 Å². The van der Waals surface area contributed by atoms with Crippen molar-refractivity contribution in [2.45, 2.75) is 45.6 Å². The third-order valence-electron chi connectivity index (χ3n) is 4.10. The molecular formula is C14H23N3O2. The van der Waals surface area contributed by atoms with Crippen molar-refractivity contribution in [3.8, 4) is 0 Å². The Morgan fingerprint density at radius 2 is 2.00 bits per heavy atom. The van der Waals surface area contributed by atoms with Gasteiger partial charge in [0.2, 0.25) is 0 Å². The number of piperidine rings is 1. The summed E-state index contributed by atoms with van der Waals surface area (Å²) in [5, 5.41) is 13.5. The molecule has 0 atom stereocenters. The number of carboxylic acids is 1. The number of carboxylic acid groups (broad SMARTS) is 1. The lowest BCUT2D eigenvalue weighted by Gasteiger charge is -2.29. The standard InChI is InChI=1S/C14H23N3O2/c1-10-13(4-5-14(18)19)11(2)17(15-10)12-6-8-16(3)9-7-12/h12H,4-9H2,1-3H3,(H,18,19). The topological polar surface area (TPSA) is 58.4 Å². The molecule has 2 heterocycles. The van der Waals surface area contributed by atoms with Gasteiger partial charge in [-0.1, -0.05) is 0 Å². The molecule has 1 aromatic heterocycles. The van der Waals surface area contributed by atoms with Gasteiger partial charge in [0, 0.05) is 12.1 Å². The van der Waals surface area contributed by atoms with E-state index in [4.69, 9.17) is 5.11 Å². The second-order valence-electron chi connectivity index (χ2n) is 5.52. The molecule has 0 aromatic carbocycles. The van der Waals surface area contributed by atoms with Gasteiger partial charge in [-0.05, 0) is 58.8 Å². The summed E-state index contributed by atoms with van der Waals surface area (Å²) >= 11 is 0. The van der Waals surface area contributed by atoms with E-state index in [1.165, 1.54) is 0 Å². The van der Waals surface area contributed by atoms with Crippen molar-refractivity contribution in [2.24, 2.45) is 0 Å². The molecule has 1 aliphatic rings. The lowest BCUT2D eigenvalue weighted by Crippen LogP contribution is -2.32.